The summed E-state index contributed by atoms with van der Waals surface area (Å²) in [4.78, 5) is 30.5. The molecule has 136 valence electrons. The van der Waals surface area contributed by atoms with Crippen LogP contribution in [-0.2, 0) is 4.79 Å². The summed E-state index contributed by atoms with van der Waals surface area (Å²) in [6.07, 6.45) is 2.86. The fraction of sp³-hybridized carbons (Fsp3) is 0.500. The summed E-state index contributed by atoms with van der Waals surface area (Å²) in [6.45, 7) is 9.78. The second-order valence-corrected chi connectivity index (χ2v) is 6.73. The van der Waals surface area contributed by atoms with Gasteiger partial charge in [-0.2, -0.15) is 0 Å². The van der Waals surface area contributed by atoms with Crippen LogP contribution in [0.25, 0.3) is 5.13 Å². The van der Waals surface area contributed by atoms with Crippen molar-refractivity contribution in [1.29, 1.82) is 0 Å². The molecule has 2 heterocycles. The van der Waals surface area contributed by atoms with E-state index in [1.165, 1.54) is 11.3 Å². The van der Waals surface area contributed by atoms with Crippen molar-refractivity contribution in [2.75, 3.05) is 19.6 Å². The van der Waals surface area contributed by atoms with E-state index in [1.54, 1.807) is 6.20 Å². The normalized spacial score (nSPS) is 10.7. The van der Waals surface area contributed by atoms with Crippen LogP contribution in [0.5, 0.6) is 0 Å². The first-order valence-corrected chi connectivity index (χ1v) is 9.52. The van der Waals surface area contributed by atoms with E-state index in [4.69, 9.17) is 0 Å². The Morgan fingerprint density at radius 3 is 2.60 bits per heavy atom. The highest BCUT2D eigenvalue weighted by Gasteiger charge is 2.17. The van der Waals surface area contributed by atoms with Crippen molar-refractivity contribution >= 4 is 23.2 Å². The van der Waals surface area contributed by atoms with Gasteiger partial charge in [0.25, 0.3) is 5.91 Å². The molecule has 0 radical (unpaired) electrons. The van der Waals surface area contributed by atoms with E-state index >= 15 is 0 Å². The third-order valence-corrected chi connectivity index (χ3v) is 5.01. The molecule has 0 aromatic carbocycles. The van der Waals surface area contributed by atoms with E-state index in [0.717, 1.165) is 29.6 Å². The lowest BCUT2D eigenvalue weighted by molar-refractivity contribution is -0.130. The Morgan fingerprint density at radius 2 is 2.00 bits per heavy atom. The molecule has 0 saturated heterocycles. The number of carbonyl (C=O) groups is 2. The number of hydrogen-bond acceptors (Lipinski definition) is 4. The number of aromatic nitrogens is 2. The Kier molecular flexibility index (Phi) is 6.75. The second kappa shape index (κ2) is 8.80. The van der Waals surface area contributed by atoms with Crippen LogP contribution >= 0.6 is 11.3 Å². The summed E-state index contributed by atoms with van der Waals surface area (Å²) in [5.74, 6) is 0.0346. The number of rotatable bonds is 8. The van der Waals surface area contributed by atoms with Crippen LogP contribution in [0, 0.1) is 13.8 Å². The number of amides is 2. The highest BCUT2D eigenvalue weighted by atomic mass is 32.1. The molecule has 2 amide bonds. The minimum atomic E-state index is -0.105. The van der Waals surface area contributed by atoms with E-state index < -0.39 is 0 Å². The van der Waals surface area contributed by atoms with Crippen LogP contribution in [0.3, 0.4) is 0 Å². The molecule has 0 saturated carbocycles. The zero-order chi connectivity index (χ0) is 18.4. The van der Waals surface area contributed by atoms with Gasteiger partial charge in [-0.25, -0.2) is 4.98 Å². The van der Waals surface area contributed by atoms with Gasteiger partial charge in [-0.1, -0.05) is 0 Å². The summed E-state index contributed by atoms with van der Waals surface area (Å²) in [5, 5.41) is 5.69. The molecule has 0 unspecified atom stereocenters. The minimum Gasteiger partial charge on any atom is -0.352 e. The molecule has 1 N–H and O–H groups in total. The Hall–Kier alpha value is -2.15. The Bertz CT molecular complexity index is 718. The molecular weight excluding hydrogens is 336 g/mol. The average molecular weight is 362 g/mol. The van der Waals surface area contributed by atoms with Crippen LogP contribution in [0.1, 0.15) is 48.4 Å². The van der Waals surface area contributed by atoms with E-state index in [2.05, 4.69) is 10.3 Å². The van der Waals surface area contributed by atoms with Crippen molar-refractivity contribution in [3.05, 3.63) is 34.6 Å². The topological polar surface area (TPSA) is 67.2 Å². The predicted octanol–water partition coefficient (Wildman–Crippen LogP) is 2.93. The van der Waals surface area contributed by atoms with E-state index in [9.17, 15) is 9.59 Å². The van der Waals surface area contributed by atoms with Gasteiger partial charge in [0.15, 0.2) is 5.13 Å². The molecule has 7 heteroatoms. The van der Waals surface area contributed by atoms with Crippen molar-refractivity contribution in [2.45, 2.75) is 40.5 Å². The van der Waals surface area contributed by atoms with Crippen molar-refractivity contribution in [3.63, 3.8) is 0 Å². The van der Waals surface area contributed by atoms with Crippen LogP contribution in [-0.4, -0.2) is 45.9 Å². The zero-order valence-corrected chi connectivity index (χ0v) is 16.2. The number of aryl methyl sites for hydroxylation is 1. The Balaban J connectivity index is 1.92. The molecule has 0 bridgehead atoms. The van der Waals surface area contributed by atoms with Gasteiger partial charge in [0.1, 0.15) is 0 Å². The van der Waals surface area contributed by atoms with Gasteiger partial charge in [0, 0.05) is 49.0 Å². The number of nitrogens with one attached hydrogen (secondary N) is 1. The molecule has 0 aliphatic carbocycles. The van der Waals surface area contributed by atoms with E-state index in [1.807, 2.05) is 48.6 Å². The molecule has 0 aliphatic heterocycles. The highest BCUT2D eigenvalue weighted by molar-refractivity contribution is 7.12. The molecule has 0 atom stereocenters. The van der Waals surface area contributed by atoms with Gasteiger partial charge in [-0.05, 0) is 40.2 Å². The lowest BCUT2D eigenvalue weighted by Gasteiger charge is -2.18. The van der Waals surface area contributed by atoms with Crippen molar-refractivity contribution in [1.82, 2.24) is 19.8 Å². The van der Waals surface area contributed by atoms with Crippen LogP contribution in [0.2, 0.25) is 0 Å². The maximum atomic E-state index is 12.5. The first kappa shape index (κ1) is 19.2. The van der Waals surface area contributed by atoms with Gasteiger partial charge in [0.05, 0.1) is 5.56 Å². The Morgan fingerprint density at radius 1 is 1.28 bits per heavy atom. The molecule has 2 aromatic heterocycles. The third-order valence-electron chi connectivity index (χ3n) is 4.26. The summed E-state index contributed by atoms with van der Waals surface area (Å²) in [5.41, 5.74) is 2.52. The molecule has 2 aromatic rings. The molecule has 2 rings (SSSR count). The van der Waals surface area contributed by atoms with Gasteiger partial charge in [-0.3, -0.25) is 14.2 Å². The lowest BCUT2D eigenvalue weighted by Crippen LogP contribution is -2.31. The first-order chi connectivity index (χ1) is 12.0. The summed E-state index contributed by atoms with van der Waals surface area (Å²) in [6, 6.07) is 1.88. The molecule has 0 aliphatic rings. The number of carbonyl (C=O) groups excluding carboxylic acids is 2. The smallest absolute Gasteiger partial charge is 0.253 e. The van der Waals surface area contributed by atoms with Gasteiger partial charge in [-0.15, -0.1) is 11.3 Å². The average Bonchev–Trinajstić information content (AvgIpc) is 3.20. The standard InChI is InChI=1S/C18H26N4O2S/c1-5-21(6-2)16(23)8-7-9-19-17(24)15-12-13(3)22(14(15)4)18-20-10-11-25-18/h10-12H,5-9H2,1-4H3,(H,19,24). The maximum absolute atomic E-state index is 12.5. The van der Waals surface area contributed by atoms with Gasteiger partial charge in [0.2, 0.25) is 5.91 Å². The zero-order valence-electron chi connectivity index (χ0n) is 15.3. The quantitative estimate of drug-likeness (QED) is 0.734. The first-order valence-electron chi connectivity index (χ1n) is 8.64. The SMILES string of the molecule is CCN(CC)C(=O)CCCNC(=O)c1cc(C)n(-c2nccs2)c1C. The van der Waals surface area contributed by atoms with E-state index in [0.29, 0.717) is 24.9 Å². The monoisotopic (exact) mass is 362 g/mol. The number of hydrogen-bond donors (Lipinski definition) is 1. The summed E-state index contributed by atoms with van der Waals surface area (Å²) >= 11 is 1.54. The fourth-order valence-electron chi connectivity index (χ4n) is 2.88. The summed E-state index contributed by atoms with van der Waals surface area (Å²) in [7, 11) is 0. The molecule has 6 nitrogen and oxygen atoms in total. The maximum Gasteiger partial charge on any atom is 0.253 e. The Labute approximate surface area is 152 Å². The molecular formula is C18H26N4O2S. The third kappa shape index (κ3) is 4.48. The minimum absolute atomic E-state index is 0.105. The van der Waals surface area contributed by atoms with E-state index in [-0.39, 0.29) is 11.8 Å². The molecule has 0 spiro atoms. The van der Waals surface area contributed by atoms with Crippen LogP contribution < -0.4 is 5.32 Å². The summed E-state index contributed by atoms with van der Waals surface area (Å²) < 4.78 is 1.99. The van der Waals surface area contributed by atoms with Crippen molar-refractivity contribution < 1.29 is 9.59 Å². The second-order valence-electron chi connectivity index (χ2n) is 5.86. The number of nitrogens with zero attached hydrogens (tertiary/aromatic N) is 3. The van der Waals surface area contributed by atoms with Gasteiger partial charge >= 0.3 is 0 Å². The highest BCUT2D eigenvalue weighted by Crippen LogP contribution is 2.22. The lowest BCUT2D eigenvalue weighted by atomic mass is 10.2. The fourth-order valence-corrected chi connectivity index (χ4v) is 3.64. The predicted molar refractivity (Wildman–Crippen MR) is 100 cm³/mol. The molecule has 25 heavy (non-hydrogen) atoms. The van der Waals surface area contributed by atoms with Gasteiger partial charge < -0.3 is 10.2 Å². The largest absolute Gasteiger partial charge is 0.352 e. The van der Waals surface area contributed by atoms with Crippen LogP contribution in [0.15, 0.2) is 17.6 Å². The van der Waals surface area contributed by atoms with Crippen molar-refractivity contribution in [2.24, 2.45) is 0 Å². The van der Waals surface area contributed by atoms with Crippen LogP contribution in [0.4, 0.5) is 0 Å². The molecule has 0 fully saturated rings. The van der Waals surface area contributed by atoms with Crippen molar-refractivity contribution in [3.8, 4) is 5.13 Å². The number of thiazole rings is 1.